The predicted molar refractivity (Wildman–Crippen MR) is 68.2 cm³/mol. The largest absolute Gasteiger partial charge is 0.395 e. The van der Waals surface area contributed by atoms with Crippen LogP contribution in [0.25, 0.3) is 0 Å². The first-order valence-electron chi connectivity index (χ1n) is 6.77. The molecule has 3 unspecified atom stereocenters. The zero-order valence-electron chi connectivity index (χ0n) is 11.2. The molecule has 1 aliphatic rings. The summed E-state index contributed by atoms with van der Waals surface area (Å²) >= 11 is 0. The maximum Gasteiger partial charge on any atom is 0.0589 e. The molecule has 0 aromatic heterocycles. The summed E-state index contributed by atoms with van der Waals surface area (Å²) in [5.41, 5.74) is 0. The van der Waals surface area contributed by atoms with E-state index in [1.54, 1.807) is 7.11 Å². The van der Waals surface area contributed by atoms with E-state index in [1.165, 1.54) is 6.42 Å². The monoisotopic (exact) mass is 245 g/mol. The lowest BCUT2D eigenvalue weighted by molar-refractivity contribution is -0.00707. The van der Waals surface area contributed by atoms with Gasteiger partial charge in [0.25, 0.3) is 0 Å². The molecule has 2 N–H and O–H groups in total. The first-order chi connectivity index (χ1) is 8.30. The van der Waals surface area contributed by atoms with E-state index in [2.05, 4.69) is 12.2 Å². The number of hydrogen-bond donors (Lipinski definition) is 2. The van der Waals surface area contributed by atoms with Crippen LogP contribution in [-0.4, -0.2) is 50.2 Å². The first-order valence-corrected chi connectivity index (χ1v) is 6.77. The van der Waals surface area contributed by atoms with Crippen molar-refractivity contribution in [2.24, 2.45) is 0 Å². The third-order valence-corrected chi connectivity index (χ3v) is 3.34. The van der Waals surface area contributed by atoms with Crippen molar-refractivity contribution >= 4 is 0 Å². The van der Waals surface area contributed by atoms with Crippen LogP contribution in [0.3, 0.4) is 0 Å². The molecule has 1 heterocycles. The average molecular weight is 245 g/mol. The molecule has 0 aromatic carbocycles. The van der Waals surface area contributed by atoms with Gasteiger partial charge < -0.3 is 19.9 Å². The van der Waals surface area contributed by atoms with Crippen LogP contribution in [0.15, 0.2) is 0 Å². The summed E-state index contributed by atoms with van der Waals surface area (Å²) in [6.07, 6.45) is 5.68. The van der Waals surface area contributed by atoms with Gasteiger partial charge in [0.1, 0.15) is 0 Å². The minimum absolute atomic E-state index is 0.153. The van der Waals surface area contributed by atoms with Gasteiger partial charge >= 0.3 is 0 Å². The van der Waals surface area contributed by atoms with Crippen molar-refractivity contribution in [3.8, 4) is 0 Å². The van der Waals surface area contributed by atoms with E-state index in [-0.39, 0.29) is 12.6 Å². The Kier molecular flexibility index (Phi) is 7.77. The number of aliphatic hydroxyl groups excluding tert-OH is 1. The molecule has 17 heavy (non-hydrogen) atoms. The molecule has 1 aliphatic heterocycles. The minimum atomic E-state index is 0.153. The molecule has 0 amide bonds. The molecule has 0 aromatic rings. The van der Waals surface area contributed by atoms with Crippen molar-refractivity contribution < 1.29 is 14.6 Å². The Bertz CT molecular complexity index is 188. The van der Waals surface area contributed by atoms with Crippen molar-refractivity contribution in [1.29, 1.82) is 0 Å². The van der Waals surface area contributed by atoms with Gasteiger partial charge in [0, 0.05) is 32.4 Å². The normalized spacial score (nSPS) is 27.0. The zero-order valence-corrected chi connectivity index (χ0v) is 11.2. The quantitative estimate of drug-likeness (QED) is 0.677. The SMILES string of the molecule is CCCC1CC(NC(CO)CCOC)CCO1. The van der Waals surface area contributed by atoms with Gasteiger partial charge in [-0.15, -0.1) is 0 Å². The molecule has 0 spiro atoms. The first kappa shape index (κ1) is 14.9. The lowest BCUT2D eigenvalue weighted by Gasteiger charge is -2.32. The second-order valence-corrected chi connectivity index (χ2v) is 4.83. The topological polar surface area (TPSA) is 50.7 Å². The summed E-state index contributed by atoms with van der Waals surface area (Å²) in [6.45, 7) is 3.90. The molecule has 1 fully saturated rings. The van der Waals surface area contributed by atoms with E-state index < -0.39 is 0 Å². The Morgan fingerprint density at radius 3 is 3.00 bits per heavy atom. The van der Waals surface area contributed by atoms with Gasteiger partial charge in [0.2, 0.25) is 0 Å². The Hall–Kier alpha value is -0.160. The fraction of sp³-hybridized carbons (Fsp3) is 1.00. The van der Waals surface area contributed by atoms with Crippen LogP contribution < -0.4 is 5.32 Å². The maximum absolute atomic E-state index is 9.30. The molecule has 4 heteroatoms. The summed E-state index contributed by atoms with van der Waals surface area (Å²) in [4.78, 5) is 0. The third-order valence-electron chi connectivity index (χ3n) is 3.34. The summed E-state index contributed by atoms with van der Waals surface area (Å²) in [5, 5.41) is 12.8. The van der Waals surface area contributed by atoms with Gasteiger partial charge in [-0.3, -0.25) is 0 Å². The predicted octanol–water partition coefficient (Wildman–Crippen LogP) is 1.32. The third kappa shape index (κ3) is 5.82. The van der Waals surface area contributed by atoms with Crippen molar-refractivity contribution in [2.75, 3.05) is 26.9 Å². The standard InChI is InChI=1S/C13H27NO3/c1-3-4-13-9-11(6-8-17-13)14-12(10-15)5-7-16-2/h11-15H,3-10H2,1-2H3. The van der Waals surface area contributed by atoms with Crippen LogP contribution in [0.2, 0.25) is 0 Å². The lowest BCUT2D eigenvalue weighted by Crippen LogP contribution is -2.46. The number of rotatable bonds is 8. The van der Waals surface area contributed by atoms with Gasteiger partial charge in [-0.25, -0.2) is 0 Å². The average Bonchev–Trinajstić information content (AvgIpc) is 2.35. The molecule has 0 radical (unpaired) electrons. The fourth-order valence-corrected chi connectivity index (χ4v) is 2.38. The maximum atomic E-state index is 9.30. The van der Waals surface area contributed by atoms with E-state index in [0.29, 0.717) is 18.8 Å². The van der Waals surface area contributed by atoms with Crippen LogP contribution in [-0.2, 0) is 9.47 Å². The molecule has 1 saturated heterocycles. The van der Waals surface area contributed by atoms with Crippen LogP contribution >= 0.6 is 0 Å². The van der Waals surface area contributed by atoms with Gasteiger partial charge in [0.15, 0.2) is 0 Å². The van der Waals surface area contributed by atoms with Gasteiger partial charge in [-0.1, -0.05) is 13.3 Å². The Balaban J connectivity index is 2.27. The van der Waals surface area contributed by atoms with E-state index >= 15 is 0 Å². The molecular formula is C13H27NO3. The molecule has 3 atom stereocenters. The highest BCUT2D eigenvalue weighted by molar-refractivity contribution is 4.80. The molecule has 0 saturated carbocycles. The Morgan fingerprint density at radius 2 is 2.35 bits per heavy atom. The highest BCUT2D eigenvalue weighted by atomic mass is 16.5. The highest BCUT2D eigenvalue weighted by Gasteiger charge is 2.23. The van der Waals surface area contributed by atoms with Crippen molar-refractivity contribution in [2.45, 2.75) is 57.2 Å². The second-order valence-electron chi connectivity index (χ2n) is 4.83. The molecule has 1 rings (SSSR count). The van der Waals surface area contributed by atoms with E-state index in [1.807, 2.05) is 0 Å². The van der Waals surface area contributed by atoms with Gasteiger partial charge in [-0.05, 0) is 25.7 Å². The number of nitrogens with one attached hydrogen (secondary N) is 1. The highest BCUT2D eigenvalue weighted by Crippen LogP contribution is 2.18. The van der Waals surface area contributed by atoms with Gasteiger partial charge in [-0.2, -0.15) is 0 Å². The lowest BCUT2D eigenvalue weighted by atomic mass is 9.99. The summed E-state index contributed by atoms with van der Waals surface area (Å²) in [5.74, 6) is 0. The van der Waals surface area contributed by atoms with Crippen molar-refractivity contribution in [3.63, 3.8) is 0 Å². The van der Waals surface area contributed by atoms with Crippen molar-refractivity contribution in [1.82, 2.24) is 5.32 Å². The molecular weight excluding hydrogens is 218 g/mol. The van der Waals surface area contributed by atoms with Crippen LogP contribution in [0.1, 0.15) is 39.0 Å². The molecule has 4 nitrogen and oxygen atoms in total. The Morgan fingerprint density at radius 1 is 1.53 bits per heavy atom. The minimum Gasteiger partial charge on any atom is -0.395 e. The summed E-state index contributed by atoms with van der Waals surface area (Å²) in [7, 11) is 1.69. The van der Waals surface area contributed by atoms with Crippen LogP contribution in [0.5, 0.6) is 0 Å². The summed E-state index contributed by atoms with van der Waals surface area (Å²) < 4.78 is 10.8. The smallest absolute Gasteiger partial charge is 0.0589 e. The number of ether oxygens (including phenoxy) is 2. The molecule has 102 valence electrons. The van der Waals surface area contributed by atoms with Crippen LogP contribution in [0.4, 0.5) is 0 Å². The zero-order chi connectivity index (χ0) is 12.5. The second kappa shape index (κ2) is 8.86. The van der Waals surface area contributed by atoms with E-state index in [4.69, 9.17) is 9.47 Å². The fourth-order valence-electron chi connectivity index (χ4n) is 2.38. The summed E-state index contributed by atoms with van der Waals surface area (Å²) in [6, 6.07) is 0.634. The number of aliphatic hydroxyl groups is 1. The molecule has 0 aliphatic carbocycles. The Labute approximate surface area is 105 Å². The van der Waals surface area contributed by atoms with Crippen molar-refractivity contribution in [3.05, 3.63) is 0 Å². The number of hydrogen-bond acceptors (Lipinski definition) is 4. The van der Waals surface area contributed by atoms with Gasteiger partial charge in [0.05, 0.1) is 12.7 Å². The number of methoxy groups -OCH3 is 1. The van der Waals surface area contributed by atoms with Crippen LogP contribution in [0, 0.1) is 0 Å². The van der Waals surface area contributed by atoms with E-state index in [9.17, 15) is 5.11 Å². The molecule has 0 bridgehead atoms. The van der Waals surface area contributed by atoms with E-state index in [0.717, 1.165) is 32.3 Å².